The third-order valence-corrected chi connectivity index (χ3v) is 5.11. The number of rotatable bonds is 8. The Kier molecular flexibility index (Phi) is 10.3. The second-order valence-corrected chi connectivity index (χ2v) is 7.94. The van der Waals surface area contributed by atoms with Gasteiger partial charge in [0.15, 0.2) is 5.96 Å². The smallest absolute Gasteiger partial charge is 0.191 e. The molecule has 0 bridgehead atoms. The number of nitrogens with one attached hydrogen (secondary N) is 2. The summed E-state index contributed by atoms with van der Waals surface area (Å²) < 4.78 is 5.38. The molecule has 1 fully saturated rings. The Bertz CT molecular complexity index is 807. The number of hydrogen-bond acceptors (Lipinski definition) is 4. The van der Waals surface area contributed by atoms with E-state index < -0.39 is 5.60 Å². The van der Waals surface area contributed by atoms with Crippen LogP contribution in [0.3, 0.4) is 0 Å². The van der Waals surface area contributed by atoms with Crippen molar-refractivity contribution in [1.29, 1.82) is 0 Å². The molecule has 0 aliphatic carbocycles. The maximum atomic E-state index is 10.7. The van der Waals surface area contributed by atoms with Crippen molar-refractivity contribution in [3.8, 4) is 0 Å². The zero-order valence-corrected chi connectivity index (χ0v) is 20.4. The van der Waals surface area contributed by atoms with Gasteiger partial charge in [-0.1, -0.05) is 42.5 Å². The molecule has 1 aliphatic rings. The molecule has 0 aromatic heterocycles. The van der Waals surface area contributed by atoms with Gasteiger partial charge in [0.05, 0.1) is 25.4 Å². The predicted octanol–water partition coefficient (Wildman–Crippen LogP) is 2.64. The van der Waals surface area contributed by atoms with E-state index in [0.29, 0.717) is 13.1 Å². The summed E-state index contributed by atoms with van der Waals surface area (Å²) in [6.07, 6.45) is 0.916. The molecular weight excluding hydrogens is 491 g/mol. The number of β-amino-alcohol motifs (C(OH)–C–C–N with tert-alkyl or cyclic N) is 1. The minimum atomic E-state index is -0.863. The number of fused-ring (bicyclic) bond motifs is 1. The Hall–Kier alpha value is -1.42. The van der Waals surface area contributed by atoms with Crippen LogP contribution < -0.4 is 10.6 Å². The van der Waals surface area contributed by atoms with Crippen molar-refractivity contribution in [3.05, 3.63) is 48.0 Å². The zero-order valence-electron chi connectivity index (χ0n) is 18.1. The van der Waals surface area contributed by atoms with Crippen LogP contribution in [-0.2, 0) is 11.2 Å². The summed E-state index contributed by atoms with van der Waals surface area (Å²) in [4.78, 5) is 6.85. The van der Waals surface area contributed by atoms with Crippen LogP contribution in [0.2, 0.25) is 0 Å². The molecule has 1 unspecified atom stereocenters. The van der Waals surface area contributed by atoms with E-state index in [1.165, 1.54) is 16.3 Å². The molecule has 0 radical (unpaired) electrons. The molecular formula is C23H35IN4O2. The van der Waals surface area contributed by atoms with Gasteiger partial charge in [-0.15, -0.1) is 24.0 Å². The number of benzene rings is 2. The van der Waals surface area contributed by atoms with Crippen molar-refractivity contribution in [2.45, 2.75) is 25.9 Å². The highest BCUT2D eigenvalue weighted by atomic mass is 127. The normalized spacial score (nSPS) is 17.2. The third-order valence-electron chi connectivity index (χ3n) is 5.11. The van der Waals surface area contributed by atoms with Crippen molar-refractivity contribution in [2.24, 2.45) is 4.99 Å². The topological polar surface area (TPSA) is 69.1 Å². The summed E-state index contributed by atoms with van der Waals surface area (Å²) in [5.41, 5.74) is 0.434. The van der Waals surface area contributed by atoms with Gasteiger partial charge in [-0.2, -0.15) is 0 Å². The first-order chi connectivity index (χ1) is 14.1. The molecule has 166 valence electrons. The SMILES string of the molecule is CCNC(=NCC(C)(O)CN1CCOCC1)NCCc1ccc2ccccc2c1.I. The van der Waals surface area contributed by atoms with Crippen molar-refractivity contribution in [2.75, 3.05) is 52.5 Å². The molecule has 3 N–H and O–H groups in total. The first-order valence-corrected chi connectivity index (χ1v) is 10.6. The minimum absolute atomic E-state index is 0. The average Bonchev–Trinajstić information content (AvgIpc) is 2.72. The summed E-state index contributed by atoms with van der Waals surface area (Å²) in [6.45, 7) is 9.64. The fourth-order valence-corrected chi connectivity index (χ4v) is 3.60. The standard InChI is InChI=1S/C23H34N4O2.HI/c1-3-24-22(26-17-23(2,28)18-27-12-14-29-15-13-27)25-11-10-19-8-9-20-6-4-5-7-21(20)16-19;/h4-9,16,28H,3,10-15,17-18H2,1-2H3,(H2,24,25,26);1H. The van der Waals surface area contributed by atoms with E-state index in [9.17, 15) is 5.11 Å². The number of aliphatic hydroxyl groups is 1. The van der Waals surface area contributed by atoms with Gasteiger partial charge in [0.25, 0.3) is 0 Å². The highest BCUT2D eigenvalue weighted by Gasteiger charge is 2.25. The molecule has 6 nitrogen and oxygen atoms in total. The largest absolute Gasteiger partial charge is 0.387 e. The highest BCUT2D eigenvalue weighted by Crippen LogP contribution is 2.15. The molecule has 2 aromatic rings. The van der Waals surface area contributed by atoms with Crippen molar-refractivity contribution >= 4 is 40.7 Å². The van der Waals surface area contributed by atoms with Crippen LogP contribution in [0.15, 0.2) is 47.5 Å². The second kappa shape index (κ2) is 12.4. The Morgan fingerprint density at radius 2 is 1.87 bits per heavy atom. The lowest BCUT2D eigenvalue weighted by Crippen LogP contribution is -2.48. The molecule has 2 aromatic carbocycles. The number of nitrogens with zero attached hydrogens (tertiary/aromatic N) is 2. The Labute approximate surface area is 197 Å². The molecule has 1 aliphatic heterocycles. The summed E-state index contributed by atoms with van der Waals surface area (Å²) >= 11 is 0. The Balaban J connectivity index is 0.00000320. The van der Waals surface area contributed by atoms with Gasteiger partial charge in [-0.3, -0.25) is 9.89 Å². The average molecular weight is 526 g/mol. The molecule has 0 saturated carbocycles. The van der Waals surface area contributed by atoms with Crippen LogP contribution in [0.25, 0.3) is 10.8 Å². The van der Waals surface area contributed by atoms with E-state index in [1.54, 1.807) is 0 Å². The van der Waals surface area contributed by atoms with Crippen molar-refractivity contribution in [1.82, 2.24) is 15.5 Å². The van der Waals surface area contributed by atoms with Crippen LogP contribution in [0.1, 0.15) is 19.4 Å². The third kappa shape index (κ3) is 8.02. The number of guanidine groups is 1. The van der Waals surface area contributed by atoms with Crippen molar-refractivity contribution in [3.63, 3.8) is 0 Å². The molecule has 3 rings (SSSR count). The molecule has 7 heteroatoms. The van der Waals surface area contributed by atoms with E-state index in [1.807, 2.05) is 13.8 Å². The molecule has 30 heavy (non-hydrogen) atoms. The molecule has 1 atom stereocenters. The van der Waals surface area contributed by atoms with Gasteiger partial charge < -0.3 is 20.5 Å². The van der Waals surface area contributed by atoms with E-state index in [4.69, 9.17) is 4.74 Å². The lowest BCUT2D eigenvalue weighted by molar-refractivity contribution is -0.0179. The maximum absolute atomic E-state index is 10.7. The number of halogens is 1. The fourth-order valence-electron chi connectivity index (χ4n) is 3.60. The highest BCUT2D eigenvalue weighted by molar-refractivity contribution is 14.0. The van der Waals surface area contributed by atoms with E-state index in [-0.39, 0.29) is 24.0 Å². The van der Waals surface area contributed by atoms with Gasteiger partial charge in [-0.05, 0) is 36.6 Å². The number of aliphatic imine (C=N–C) groups is 1. The van der Waals surface area contributed by atoms with E-state index >= 15 is 0 Å². The lowest BCUT2D eigenvalue weighted by Gasteiger charge is -2.33. The second-order valence-electron chi connectivity index (χ2n) is 7.94. The zero-order chi connectivity index (χ0) is 20.5. The van der Waals surface area contributed by atoms with Crippen LogP contribution in [0, 0.1) is 0 Å². The summed E-state index contributed by atoms with van der Waals surface area (Å²) in [6, 6.07) is 15.0. The number of morpholine rings is 1. The van der Waals surface area contributed by atoms with Crippen molar-refractivity contribution < 1.29 is 9.84 Å². The van der Waals surface area contributed by atoms with Gasteiger partial charge >= 0.3 is 0 Å². The molecule has 1 heterocycles. The lowest BCUT2D eigenvalue weighted by atomic mass is 10.1. The molecule has 1 saturated heterocycles. The molecule has 0 amide bonds. The van der Waals surface area contributed by atoms with E-state index in [0.717, 1.165) is 51.8 Å². The quantitative estimate of drug-likeness (QED) is 0.281. The maximum Gasteiger partial charge on any atom is 0.191 e. The van der Waals surface area contributed by atoms with Crippen LogP contribution in [-0.4, -0.2) is 74.0 Å². The molecule has 0 spiro atoms. The van der Waals surface area contributed by atoms with Gasteiger partial charge in [-0.25, -0.2) is 0 Å². The fraction of sp³-hybridized carbons (Fsp3) is 0.522. The van der Waals surface area contributed by atoms with Gasteiger partial charge in [0.2, 0.25) is 0 Å². The monoisotopic (exact) mass is 526 g/mol. The Morgan fingerprint density at radius 3 is 2.60 bits per heavy atom. The Morgan fingerprint density at radius 1 is 1.13 bits per heavy atom. The summed E-state index contributed by atoms with van der Waals surface area (Å²) in [7, 11) is 0. The number of ether oxygens (including phenoxy) is 1. The van der Waals surface area contributed by atoms with Crippen LogP contribution in [0.5, 0.6) is 0 Å². The summed E-state index contributed by atoms with van der Waals surface area (Å²) in [5, 5.41) is 19.9. The van der Waals surface area contributed by atoms with E-state index in [2.05, 4.69) is 63.0 Å². The first kappa shape index (κ1) is 24.8. The van der Waals surface area contributed by atoms with Crippen LogP contribution >= 0.6 is 24.0 Å². The number of hydrogen-bond donors (Lipinski definition) is 3. The summed E-state index contributed by atoms with van der Waals surface area (Å²) in [5.74, 6) is 0.746. The first-order valence-electron chi connectivity index (χ1n) is 10.6. The van der Waals surface area contributed by atoms with Gasteiger partial charge in [0, 0.05) is 32.7 Å². The minimum Gasteiger partial charge on any atom is -0.387 e. The van der Waals surface area contributed by atoms with Crippen LogP contribution in [0.4, 0.5) is 0 Å². The predicted molar refractivity (Wildman–Crippen MR) is 135 cm³/mol. The van der Waals surface area contributed by atoms with Gasteiger partial charge in [0.1, 0.15) is 0 Å².